The summed E-state index contributed by atoms with van der Waals surface area (Å²) in [5.41, 5.74) is 2.14. The molecule has 0 aliphatic carbocycles. The maximum absolute atomic E-state index is 7.34. The molecule has 1 N–H and O–H groups in total. The maximum atomic E-state index is 7.34. The van der Waals surface area contributed by atoms with Crippen molar-refractivity contribution < 1.29 is 4.74 Å². The predicted molar refractivity (Wildman–Crippen MR) is 74.1 cm³/mol. The smallest absolute Gasteiger partial charge is 0.265 e. The molecule has 0 aromatic heterocycles. The molecule has 0 bridgehead atoms. The van der Waals surface area contributed by atoms with Gasteiger partial charge in [-0.2, -0.15) is 0 Å². The normalized spacial score (nSPS) is 12.4. The van der Waals surface area contributed by atoms with Crippen LogP contribution in [0.5, 0.6) is 0 Å². The maximum Gasteiger partial charge on any atom is 0.265 e. The van der Waals surface area contributed by atoms with Crippen LogP contribution >= 0.6 is 34.8 Å². The third-order valence-electron chi connectivity index (χ3n) is 2.10. The quantitative estimate of drug-likeness (QED) is 0.498. The minimum absolute atomic E-state index is 0.202. The molecule has 0 spiro atoms. The first-order chi connectivity index (χ1) is 7.91. The van der Waals surface area contributed by atoms with E-state index in [2.05, 4.69) is 0 Å². The highest BCUT2D eigenvalue weighted by Crippen LogP contribution is 2.27. The van der Waals surface area contributed by atoms with Gasteiger partial charge in [0.1, 0.15) is 6.61 Å². The van der Waals surface area contributed by atoms with Gasteiger partial charge in [-0.25, -0.2) is 0 Å². The zero-order valence-electron chi connectivity index (χ0n) is 9.21. The van der Waals surface area contributed by atoms with E-state index in [9.17, 15) is 0 Å². The van der Waals surface area contributed by atoms with Crippen molar-refractivity contribution in [3.63, 3.8) is 0 Å². The minimum Gasteiger partial charge on any atom is -0.474 e. The number of rotatable bonds is 3. The Morgan fingerprint density at radius 2 is 1.88 bits per heavy atom. The first kappa shape index (κ1) is 14.4. The van der Waals surface area contributed by atoms with Crippen molar-refractivity contribution in [2.24, 2.45) is 0 Å². The highest BCUT2D eigenvalue weighted by molar-refractivity contribution is 6.76. The zero-order valence-corrected chi connectivity index (χ0v) is 11.5. The molecular formula is C12H12Cl3NO. The molecule has 0 radical (unpaired) electrons. The molecule has 0 saturated carbocycles. The molecule has 17 heavy (non-hydrogen) atoms. The van der Waals surface area contributed by atoms with E-state index in [1.165, 1.54) is 0 Å². The molecule has 1 rings (SSSR count). The van der Waals surface area contributed by atoms with Crippen LogP contribution in [0.15, 0.2) is 36.4 Å². The molecular weight excluding hydrogens is 280 g/mol. The highest BCUT2D eigenvalue weighted by Gasteiger charge is 2.28. The van der Waals surface area contributed by atoms with Crippen LogP contribution in [0.3, 0.4) is 0 Å². The lowest BCUT2D eigenvalue weighted by molar-refractivity contribution is 0.340. The van der Waals surface area contributed by atoms with Crippen molar-refractivity contribution >= 4 is 46.3 Å². The summed E-state index contributed by atoms with van der Waals surface area (Å²) in [4.78, 5) is 0. The van der Waals surface area contributed by atoms with Crippen LogP contribution in [-0.4, -0.2) is 16.3 Å². The van der Waals surface area contributed by atoms with Gasteiger partial charge in [-0.1, -0.05) is 65.1 Å². The van der Waals surface area contributed by atoms with E-state index in [0.29, 0.717) is 0 Å². The van der Waals surface area contributed by atoms with E-state index >= 15 is 0 Å². The molecule has 0 aliphatic rings. The van der Waals surface area contributed by atoms with Crippen LogP contribution in [0.1, 0.15) is 12.5 Å². The standard InChI is InChI=1S/C12H12Cl3NO/c1-9(10-5-3-2-4-6-10)7-8-17-11(16)12(13,14)15/h2-7,16H,8H2,1H3/b9-7+,16-11?. The fraction of sp³-hybridized carbons (Fsp3) is 0.250. The summed E-state index contributed by atoms with van der Waals surface area (Å²) in [5.74, 6) is -0.375. The fourth-order valence-corrected chi connectivity index (χ4v) is 1.31. The number of halogens is 3. The average Bonchev–Trinajstić information content (AvgIpc) is 2.28. The van der Waals surface area contributed by atoms with E-state index in [1.54, 1.807) is 0 Å². The third kappa shape index (κ3) is 4.99. The van der Waals surface area contributed by atoms with Crippen LogP contribution in [0.25, 0.3) is 5.57 Å². The molecule has 0 atom stereocenters. The Morgan fingerprint density at radius 3 is 2.41 bits per heavy atom. The summed E-state index contributed by atoms with van der Waals surface area (Å²) >= 11 is 16.4. The van der Waals surface area contributed by atoms with Crippen molar-refractivity contribution in [1.29, 1.82) is 5.41 Å². The first-order valence-corrected chi connectivity index (χ1v) is 6.05. The van der Waals surface area contributed by atoms with Gasteiger partial charge in [0.15, 0.2) is 0 Å². The monoisotopic (exact) mass is 291 g/mol. The van der Waals surface area contributed by atoms with Gasteiger partial charge in [0, 0.05) is 0 Å². The Labute approximate surface area is 116 Å². The van der Waals surface area contributed by atoms with Gasteiger partial charge < -0.3 is 4.74 Å². The third-order valence-corrected chi connectivity index (χ3v) is 2.62. The summed E-state index contributed by atoms with van der Waals surface area (Å²) < 4.78 is 3.21. The van der Waals surface area contributed by atoms with E-state index in [1.807, 2.05) is 43.3 Å². The minimum atomic E-state index is -1.80. The van der Waals surface area contributed by atoms with Crippen LogP contribution in [0.2, 0.25) is 0 Å². The van der Waals surface area contributed by atoms with Gasteiger partial charge in [0.05, 0.1) is 0 Å². The Morgan fingerprint density at radius 1 is 1.29 bits per heavy atom. The highest BCUT2D eigenvalue weighted by atomic mass is 35.6. The number of allylic oxidation sites excluding steroid dienone is 1. The number of ether oxygens (including phenoxy) is 1. The van der Waals surface area contributed by atoms with Crippen molar-refractivity contribution in [3.8, 4) is 0 Å². The van der Waals surface area contributed by atoms with Crippen LogP contribution in [0.4, 0.5) is 0 Å². The molecule has 0 saturated heterocycles. The Kier molecular flexibility index (Phi) is 5.31. The number of hydrogen-bond donors (Lipinski definition) is 1. The summed E-state index contributed by atoms with van der Waals surface area (Å²) in [5, 5.41) is 7.34. The lowest BCUT2D eigenvalue weighted by Gasteiger charge is -2.12. The summed E-state index contributed by atoms with van der Waals surface area (Å²) in [7, 11) is 0. The SMILES string of the molecule is C/C(=C\COC(=N)C(Cl)(Cl)Cl)c1ccccc1. The number of alkyl halides is 3. The molecule has 0 heterocycles. The molecule has 1 aromatic rings. The Balaban J connectivity index is 2.53. The molecule has 0 fully saturated rings. The van der Waals surface area contributed by atoms with Crippen LogP contribution in [-0.2, 0) is 4.74 Å². The summed E-state index contributed by atoms with van der Waals surface area (Å²) in [6.07, 6.45) is 1.83. The fourth-order valence-electron chi connectivity index (χ4n) is 1.15. The number of hydrogen-bond acceptors (Lipinski definition) is 2. The largest absolute Gasteiger partial charge is 0.474 e. The lowest BCUT2D eigenvalue weighted by Crippen LogP contribution is -2.21. The Hall–Kier alpha value is -0.700. The van der Waals surface area contributed by atoms with Crippen LogP contribution in [0, 0.1) is 5.41 Å². The van der Waals surface area contributed by atoms with Gasteiger partial charge in [-0.05, 0) is 24.1 Å². The molecule has 0 unspecified atom stereocenters. The van der Waals surface area contributed by atoms with Crippen molar-refractivity contribution in [2.45, 2.75) is 10.7 Å². The summed E-state index contributed by atoms with van der Waals surface area (Å²) in [6, 6.07) is 9.85. The summed E-state index contributed by atoms with van der Waals surface area (Å²) in [6.45, 7) is 2.16. The van der Waals surface area contributed by atoms with E-state index < -0.39 is 3.79 Å². The average molecular weight is 293 g/mol. The number of benzene rings is 1. The van der Waals surface area contributed by atoms with Crippen LogP contribution < -0.4 is 0 Å². The van der Waals surface area contributed by atoms with Gasteiger partial charge >= 0.3 is 0 Å². The second-order valence-corrected chi connectivity index (χ2v) is 5.67. The second-order valence-electron chi connectivity index (χ2n) is 3.39. The lowest BCUT2D eigenvalue weighted by atomic mass is 10.1. The van der Waals surface area contributed by atoms with Gasteiger partial charge in [0.2, 0.25) is 5.90 Å². The second kappa shape index (κ2) is 6.29. The molecule has 1 aromatic carbocycles. The molecule has 5 heteroatoms. The van der Waals surface area contributed by atoms with Crippen molar-refractivity contribution in [2.75, 3.05) is 6.61 Å². The van der Waals surface area contributed by atoms with Crippen molar-refractivity contribution in [3.05, 3.63) is 42.0 Å². The first-order valence-electron chi connectivity index (χ1n) is 4.92. The van der Waals surface area contributed by atoms with Gasteiger partial charge in [-0.15, -0.1) is 0 Å². The molecule has 0 amide bonds. The van der Waals surface area contributed by atoms with Gasteiger partial charge in [0.25, 0.3) is 3.79 Å². The molecule has 0 aliphatic heterocycles. The molecule has 2 nitrogen and oxygen atoms in total. The zero-order chi connectivity index (χ0) is 12.9. The predicted octanol–water partition coefficient (Wildman–Crippen LogP) is 4.45. The topological polar surface area (TPSA) is 33.1 Å². The molecule has 92 valence electrons. The van der Waals surface area contributed by atoms with Crippen molar-refractivity contribution in [1.82, 2.24) is 0 Å². The van der Waals surface area contributed by atoms with E-state index in [0.717, 1.165) is 11.1 Å². The van der Waals surface area contributed by atoms with E-state index in [-0.39, 0.29) is 12.5 Å². The number of nitrogens with one attached hydrogen (secondary N) is 1. The van der Waals surface area contributed by atoms with E-state index in [4.69, 9.17) is 44.9 Å². The Bertz CT molecular complexity index is 410. The van der Waals surface area contributed by atoms with Gasteiger partial charge in [-0.3, -0.25) is 5.41 Å².